The normalized spacial score (nSPS) is 28.6. The highest BCUT2D eigenvalue weighted by Crippen LogP contribution is 2.56. The third-order valence-electron chi connectivity index (χ3n) is 4.76. The predicted octanol–water partition coefficient (Wildman–Crippen LogP) is 3.04. The maximum atomic E-state index is 12.2. The van der Waals surface area contributed by atoms with Crippen molar-refractivity contribution in [2.75, 3.05) is 19.7 Å². The van der Waals surface area contributed by atoms with Crippen LogP contribution in [0, 0.1) is 17.3 Å². The number of aliphatic hydroxyl groups is 1. The largest absolute Gasteiger partial charge is 0.444 e. The summed E-state index contributed by atoms with van der Waals surface area (Å²) in [7, 11) is 0. The van der Waals surface area contributed by atoms with E-state index in [9.17, 15) is 4.79 Å². The van der Waals surface area contributed by atoms with Gasteiger partial charge in [-0.2, -0.15) is 0 Å². The molecule has 4 heteroatoms. The molecule has 2 rings (SSSR count). The number of ether oxygens (including phenoxy) is 1. The van der Waals surface area contributed by atoms with Crippen molar-refractivity contribution < 1.29 is 14.6 Å². The average Bonchev–Trinajstić information content (AvgIpc) is 2.91. The zero-order chi connectivity index (χ0) is 15.0. The summed E-state index contributed by atoms with van der Waals surface area (Å²) in [5.74, 6) is 1.09. The molecule has 0 spiro atoms. The Hall–Kier alpha value is -0.770. The second kappa shape index (κ2) is 5.55. The molecule has 1 aliphatic heterocycles. The Balaban J connectivity index is 1.98. The zero-order valence-corrected chi connectivity index (χ0v) is 13.3. The van der Waals surface area contributed by atoms with Crippen LogP contribution in [-0.2, 0) is 4.74 Å². The highest BCUT2D eigenvalue weighted by molar-refractivity contribution is 5.68. The number of likely N-dealkylation sites (tertiary alicyclic amines) is 1. The van der Waals surface area contributed by atoms with Crippen molar-refractivity contribution in [3.8, 4) is 0 Å². The number of nitrogens with zero attached hydrogens (tertiary/aromatic N) is 1. The van der Waals surface area contributed by atoms with E-state index in [0.29, 0.717) is 17.3 Å². The van der Waals surface area contributed by atoms with Crippen LogP contribution < -0.4 is 0 Å². The molecule has 1 heterocycles. The molecule has 0 aromatic rings. The fraction of sp³-hybridized carbons (Fsp3) is 0.938. The summed E-state index contributed by atoms with van der Waals surface area (Å²) in [6, 6.07) is 0. The van der Waals surface area contributed by atoms with E-state index >= 15 is 0 Å². The topological polar surface area (TPSA) is 49.8 Å². The smallest absolute Gasteiger partial charge is 0.410 e. The van der Waals surface area contributed by atoms with Crippen molar-refractivity contribution in [3.05, 3.63) is 0 Å². The lowest BCUT2D eigenvalue weighted by Gasteiger charge is -2.25. The van der Waals surface area contributed by atoms with Crippen LogP contribution in [-0.4, -0.2) is 41.4 Å². The van der Waals surface area contributed by atoms with Gasteiger partial charge in [0.15, 0.2) is 0 Å². The van der Waals surface area contributed by atoms with E-state index in [1.165, 1.54) is 12.8 Å². The van der Waals surface area contributed by atoms with Gasteiger partial charge in [0, 0.05) is 19.7 Å². The van der Waals surface area contributed by atoms with E-state index < -0.39 is 5.60 Å². The predicted molar refractivity (Wildman–Crippen MR) is 78.4 cm³/mol. The van der Waals surface area contributed by atoms with Gasteiger partial charge in [0.2, 0.25) is 0 Å². The molecule has 116 valence electrons. The van der Waals surface area contributed by atoms with Crippen molar-refractivity contribution in [3.63, 3.8) is 0 Å². The molecular weight excluding hydrogens is 254 g/mol. The number of rotatable bonds is 4. The number of amides is 1. The van der Waals surface area contributed by atoms with Crippen LogP contribution in [0.15, 0.2) is 0 Å². The monoisotopic (exact) mass is 283 g/mol. The van der Waals surface area contributed by atoms with Crippen molar-refractivity contribution in [2.45, 2.75) is 59.0 Å². The van der Waals surface area contributed by atoms with E-state index in [2.05, 4.69) is 6.92 Å². The Bertz CT molecular complexity index is 357. The number of carbonyl (C=O) groups excluding carboxylic acids is 1. The van der Waals surface area contributed by atoms with Crippen LogP contribution in [0.4, 0.5) is 4.79 Å². The van der Waals surface area contributed by atoms with Gasteiger partial charge >= 0.3 is 6.09 Å². The van der Waals surface area contributed by atoms with Gasteiger partial charge in [-0.25, -0.2) is 4.79 Å². The summed E-state index contributed by atoms with van der Waals surface area (Å²) in [5, 5.41) is 9.05. The Kier molecular flexibility index (Phi) is 4.33. The Morgan fingerprint density at radius 3 is 2.50 bits per heavy atom. The first-order valence-corrected chi connectivity index (χ1v) is 7.84. The highest BCUT2D eigenvalue weighted by atomic mass is 16.6. The van der Waals surface area contributed by atoms with Gasteiger partial charge in [-0.3, -0.25) is 0 Å². The van der Waals surface area contributed by atoms with Crippen LogP contribution in [0.25, 0.3) is 0 Å². The Morgan fingerprint density at radius 1 is 1.35 bits per heavy atom. The molecule has 2 aliphatic rings. The number of aliphatic hydroxyl groups excluding tert-OH is 1. The number of hydrogen-bond acceptors (Lipinski definition) is 3. The first-order chi connectivity index (χ1) is 9.25. The van der Waals surface area contributed by atoms with Gasteiger partial charge in [0.1, 0.15) is 5.60 Å². The Labute approximate surface area is 122 Å². The maximum Gasteiger partial charge on any atom is 0.410 e. The van der Waals surface area contributed by atoms with Gasteiger partial charge in [0.05, 0.1) is 0 Å². The SMILES string of the molecule is CC(C)(C)OC(=O)N1CC(CCCO)C(C2(C)CC2)C1. The molecular formula is C16H29NO3. The second-order valence-corrected chi connectivity index (χ2v) is 7.77. The summed E-state index contributed by atoms with van der Waals surface area (Å²) >= 11 is 0. The highest BCUT2D eigenvalue weighted by Gasteiger charge is 2.52. The molecule has 1 amide bonds. The lowest BCUT2D eigenvalue weighted by molar-refractivity contribution is 0.0280. The third-order valence-corrected chi connectivity index (χ3v) is 4.76. The van der Waals surface area contributed by atoms with Gasteiger partial charge in [-0.15, -0.1) is 0 Å². The first-order valence-electron chi connectivity index (χ1n) is 7.84. The molecule has 0 aromatic heterocycles. The van der Waals surface area contributed by atoms with Crippen molar-refractivity contribution in [1.29, 1.82) is 0 Å². The van der Waals surface area contributed by atoms with Crippen LogP contribution in [0.3, 0.4) is 0 Å². The van der Waals surface area contributed by atoms with Crippen LogP contribution in [0.2, 0.25) is 0 Å². The molecule has 20 heavy (non-hydrogen) atoms. The fourth-order valence-corrected chi connectivity index (χ4v) is 3.35. The maximum absolute atomic E-state index is 12.2. The minimum Gasteiger partial charge on any atom is -0.444 e. The molecule has 2 atom stereocenters. The summed E-state index contributed by atoms with van der Waals surface area (Å²) < 4.78 is 5.49. The van der Waals surface area contributed by atoms with Gasteiger partial charge in [-0.1, -0.05) is 6.92 Å². The molecule has 2 unspecified atom stereocenters. The molecule has 1 aliphatic carbocycles. The summed E-state index contributed by atoms with van der Waals surface area (Å²) in [4.78, 5) is 14.1. The summed E-state index contributed by atoms with van der Waals surface area (Å²) in [6.45, 7) is 9.91. The van der Waals surface area contributed by atoms with E-state index in [1.807, 2.05) is 25.7 Å². The molecule has 0 bridgehead atoms. The van der Waals surface area contributed by atoms with Crippen LogP contribution in [0.1, 0.15) is 53.4 Å². The molecule has 1 saturated heterocycles. The minimum atomic E-state index is -0.431. The molecule has 1 saturated carbocycles. The van der Waals surface area contributed by atoms with Gasteiger partial charge in [-0.05, 0) is 63.7 Å². The zero-order valence-electron chi connectivity index (χ0n) is 13.3. The lowest BCUT2D eigenvalue weighted by Crippen LogP contribution is -2.35. The number of hydrogen-bond donors (Lipinski definition) is 1. The molecule has 4 nitrogen and oxygen atoms in total. The molecule has 0 aromatic carbocycles. The fourth-order valence-electron chi connectivity index (χ4n) is 3.35. The molecule has 2 fully saturated rings. The number of carbonyl (C=O) groups is 1. The van der Waals surface area contributed by atoms with E-state index in [0.717, 1.165) is 25.9 Å². The average molecular weight is 283 g/mol. The molecule has 1 N–H and O–H groups in total. The van der Waals surface area contributed by atoms with Crippen LogP contribution >= 0.6 is 0 Å². The Morgan fingerprint density at radius 2 is 2.00 bits per heavy atom. The molecule has 0 radical (unpaired) electrons. The van der Waals surface area contributed by atoms with Crippen molar-refractivity contribution >= 4 is 6.09 Å². The minimum absolute atomic E-state index is 0.182. The van der Waals surface area contributed by atoms with Gasteiger partial charge in [0.25, 0.3) is 0 Å². The lowest BCUT2D eigenvalue weighted by atomic mass is 9.80. The van der Waals surface area contributed by atoms with Crippen molar-refractivity contribution in [2.24, 2.45) is 17.3 Å². The quantitative estimate of drug-likeness (QED) is 0.862. The first kappa shape index (κ1) is 15.6. The third kappa shape index (κ3) is 3.66. The summed E-state index contributed by atoms with van der Waals surface area (Å²) in [5.41, 5.74) is -0.0177. The second-order valence-electron chi connectivity index (χ2n) is 7.77. The summed E-state index contributed by atoms with van der Waals surface area (Å²) in [6.07, 6.45) is 4.21. The van der Waals surface area contributed by atoms with Crippen LogP contribution in [0.5, 0.6) is 0 Å². The van der Waals surface area contributed by atoms with E-state index in [-0.39, 0.29) is 12.7 Å². The standard InChI is InChI=1S/C16H29NO3/c1-15(2,3)20-14(19)17-10-12(6-5-9-18)13(11-17)16(4)7-8-16/h12-13,18H,5-11H2,1-4H3. The van der Waals surface area contributed by atoms with E-state index in [1.54, 1.807) is 0 Å². The van der Waals surface area contributed by atoms with E-state index in [4.69, 9.17) is 9.84 Å². The van der Waals surface area contributed by atoms with Gasteiger partial charge < -0.3 is 14.7 Å². The van der Waals surface area contributed by atoms with Crippen molar-refractivity contribution in [1.82, 2.24) is 4.90 Å².